The normalized spacial score (nSPS) is 10.8. The summed E-state index contributed by atoms with van der Waals surface area (Å²) in [5, 5.41) is 4.84. The van der Waals surface area contributed by atoms with Gasteiger partial charge in [0.1, 0.15) is 17.9 Å². The number of aromatic nitrogens is 1. The van der Waals surface area contributed by atoms with E-state index >= 15 is 0 Å². The predicted molar refractivity (Wildman–Crippen MR) is 161 cm³/mol. The summed E-state index contributed by atoms with van der Waals surface area (Å²) in [6.07, 6.45) is 2.99. The molecule has 10 heteroatoms. The van der Waals surface area contributed by atoms with Crippen LogP contribution in [-0.4, -0.2) is 30.4 Å². The third-order valence-electron chi connectivity index (χ3n) is 5.81. The first-order valence-electron chi connectivity index (χ1n) is 11.7. The largest absolute Gasteiger partial charge is 0.487 e. The lowest BCUT2D eigenvalue weighted by atomic mass is 10.1. The molecule has 0 radical (unpaired) electrons. The number of hydrogen-bond donors (Lipinski definition) is 1. The van der Waals surface area contributed by atoms with Crippen molar-refractivity contribution in [2.45, 2.75) is 13.5 Å². The van der Waals surface area contributed by atoms with Crippen molar-refractivity contribution in [3.05, 3.63) is 105 Å². The monoisotopic (exact) mass is 603 g/mol. The fourth-order valence-corrected chi connectivity index (χ4v) is 4.41. The molecule has 202 valence electrons. The lowest BCUT2D eigenvalue weighted by Gasteiger charge is -2.21. The molecule has 0 saturated carbocycles. The van der Waals surface area contributed by atoms with Gasteiger partial charge in [0.2, 0.25) is 11.8 Å². The maximum absolute atomic E-state index is 12.8. The van der Waals surface area contributed by atoms with Gasteiger partial charge in [0.25, 0.3) is 0 Å². The average molecular weight is 605 g/mol. The van der Waals surface area contributed by atoms with Gasteiger partial charge in [0.15, 0.2) is 0 Å². The number of para-hydroxylation sites is 1. The van der Waals surface area contributed by atoms with Gasteiger partial charge in [-0.2, -0.15) is 0 Å². The van der Waals surface area contributed by atoms with E-state index in [9.17, 15) is 9.59 Å². The van der Waals surface area contributed by atoms with E-state index in [1.165, 1.54) is 11.0 Å². The van der Waals surface area contributed by atoms with E-state index in [0.717, 1.165) is 22.2 Å². The number of pyridine rings is 1. The van der Waals surface area contributed by atoms with Crippen LogP contribution in [0.2, 0.25) is 15.1 Å². The Balaban J connectivity index is 0.00000420. The number of amides is 2. The molecular formula is C29H25Cl4N3O3. The van der Waals surface area contributed by atoms with Crippen molar-refractivity contribution in [3.63, 3.8) is 0 Å². The number of nitrogens with zero attached hydrogens (tertiary/aromatic N) is 2. The number of ether oxygens (including phenoxy) is 1. The lowest BCUT2D eigenvalue weighted by molar-refractivity contribution is -0.122. The SMILES string of the molecule is Cc1ccc2cccc(OCc3c(Cl)ccc(N(C)C(=O)CNC(=O)/C=C/c4ccc(Cl)cc4)c3Cl)c2n1.Cl. The van der Waals surface area contributed by atoms with Gasteiger partial charge in [0, 0.05) is 39.8 Å². The predicted octanol–water partition coefficient (Wildman–Crippen LogP) is 7.30. The Morgan fingerprint density at radius 2 is 1.74 bits per heavy atom. The highest BCUT2D eigenvalue weighted by Gasteiger charge is 2.19. The summed E-state index contributed by atoms with van der Waals surface area (Å²) in [5.74, 6) is -0.164. The number of carbonyl (C=O) groups is 2. The third kappa shape index (κ3) is 7.64. The van der Waals surface area contributed by atoms with Gasteiger partial charge >= 0.3 is 0 Å². The zero-order valence-electron chi connectivity index (χ0n) is 21.1. The first-order chi connectivity index (χ1) is 18.2. The molecule has 0 aliphatic heterocycles. The van der Waals surface area contributed by atoms with E-state index in [4.69, 9.17) is 39.5 Å². The van der Waals surface area contributed by atoms with E-state index in [0.29, 0.717) is 27.0 Å². The minimum Gasteiger partial charge on any atom is -0.487 e. The second-order valence-electron chi connectivity index (χ2n) is 8.48. The highest BCUT2D eigenvalue weighted by Crippen LogP contribution is 2.35. The molecule has 6 nitrogen and oxygen atoms in total. The summed E-state index contributed by atoms with van der Waals surface area (Å²) < 4.78 is 6.06. The van der Waals surface area contributed by atoms with Crippen LogP contribution >= 0.6 is 47.2 Å². The van der Waals surface area contributed by atoms with Crippen LogP contribution in [0.25, 0.3) is 17.0 Å². The van der Waals surface area contributed by atoms with Gasteiger partial charge in [-0.25, -0.2) is 4.98 Å². The van der Waals surface area contributed by atoms with E-state index in [2.05, 4.69) is 10.3 Å². The number of fused-ring (bicyclic) bond motifs is 1. The second-order valence-corrected chi connectivity index (χ2v) is 9.71. The quantitative estimate of drug-likeness (QED) is 0.214. The van der Waals surface area contributed by atoms with Crippen molar-refractivity contribution in [1.82, 2.24) is 10.3 Å². The fourth-order valence-electron chi connectivity index (χ4n) is 3.68. The molecule has 0 fully saturated rings. The van der Waals surface area contributed by atoms with Crippen LogP contribution in [0.5, 0.6) is 5.75 Å². The molecule has 4 aromatic rings. The Morgan fingerprint density at radius 1 is 1.00 bits per heavy atom. The fraction of sp³-hybridized carbons (Fsp3) is 0.138. The van der Waals surface area contributed by atoms with Gasteiger partial charge in [-0.05, 0) is 55.0 Å². The average Bonchev–Trinajstić information content (AvgIpc) is 2.91. The molecule has 0 aliphatic carbocycles. The Kier molecular flexibility index (Phi) is 10.6. The molecule has 1 N–H and O–H groups in total. The van der Waals surface area contributed by atoms with Crippen molar-refractivity contribution in [2.24, 2.45) is 0 Å². The Bertz CT molecular complexity index is 1520. The maximum atomic E-state index is 12.8. The molecule has 1 aromatic heterocycles. The zero-order valence-corrected chi connectivity index (χ0v) is 24.2. The van der Waals surface area contributed by atoms with E-state index < -0.39 is 5.91 Å². The number of likely N-dealkylation sites (N-methyl/N-ethyl adjacent to an activating group) is 1. The molecule has 3 aromatic carbocycles. The molecule has 0 atom stereocenters. The summed E-state index contributed by atoms with van der Waals surface area (Å²) in [7, 11) is 1.58. The number of rotatable bonds is 8. The van der Waals surface area contributed by atoms with Gasteiger partial charge < -0.3 is 15.0 Å². The molecule has 0 unspecified atom stereocenters. The van der Waals surface area contributed by atoms with Crippen molar-refractivity contribution < 1.29 is 14.3 Å². The van der Waals surface area contributed by atoms with E-state index in [1.54, 1.807) is 49.5 Å². The smallest absolute Gasteiger partial charge is 0.246 e. The minimum atomic E-state index is -0.406. The summed E-state index contributed by atoms with van der Waals surface area (Å²) >= 11 is 19.0. The molecule has 39 heavy (non-hydrogen) atoms. The third-order valence-corrected chi connectivity index (χ3v) is 6.83. The number of hydrogen-bond acceptors (Lipinski definition) is 4. The number of carbonyl (C=O) groups excluding carboxylic acids is 2. The van der Waals surface area contributed by atoms with Crippen LogP contribution in [0.15, 0.2) is 72.8 Å². The zero-order chi connectivity index (χ0) is 27.2. The lowest BCUT2D eigenvalue weighted by Crippen LogP contribution is -2.37. The van der Waals surface area contributed by atoms with Crippen molar-refractivity contribution in [3.8, 4) is 5.75 Å². The summed E-state index contributed by atoms with van der Waals surface area (Å²) in [6, 6.07) is 19.9. The number of aryl methyl sites for hydroxylation is 1. The molecule has 2 amide bonds. The first-order valence-corrected chi connectivity index (χ1v) is 12.8. The topological polar surface area (TPSA) is 71.5 Å². The van der Waals surface area contributed by atoms with E-state index in [1.807, 2.05) is 37.3 Å². The van der Waals surface area contributed by atoms with Crippen LogP contribution in [0.4, 0.5) is 5.69 Å². The molecule has 0 bridgehead atoms. The number of benzene rings is 3. The van der Waals surface area contributed by atoms with Gasteiger partial charge in [-0.15, -0.1) is 12.4 Å². The van der Waals surface area contributed by atoms with Crippen molar-refractivity contribution >= 4 is 81.7 Å². The van der Waals surface area contributed by atoms with Crippen LogP contribution in [0.3, 0.4) is 0 Å². The molecule has 0 aliphatic rings. The molecule has 0 saturated heterocycles. The Morgan fingerprint density at radius 3 is 2.49 bits per heavy atom. The standard InChI is InChI=1S/C29H24Cl3N3O3.ClH/c1-18-6-10-20-4-3-5-25(29(20)34-18)38-17-22-23(31)13-14-24(28(22)32)35(2)27(37)16-33-26(36)15-9-19-7-11-21(30)12-8-19;/h3-15H,16-17H2,1-2H3,(H,33,36);1H/b15-9+;. The summed E-state index contributed by atoms with van der Waals surface area (Å²) in [6.45, 7) is 1.78. The maximum Gasteiger partial charge on any atom is 0.246 e. The molecule has 1 heterocycles. The van der Waals surface area contributed by atoms with Crippen LogP contribution in [0, 0.1) is 6.92 Å². The molecule has 4 rings (SSSR count). The van der Waals surface area contributed by atoms with Crippen LogP contribution in [0.1, 0.15) is 16.8 Å². The minimum absolute atomic E-state index is 0. The summed E-state index contributed by atoms with van der Waals surface area (Å²) in [5.41, 5.74) is 3.40. The second kappa shape index (κ2) is 13.7. The Hall–Kier alpha value is -3.29. The van der Waals surface area contributed by atoms with E-state index in [-0.39, 0.29) is 36.5 Å². The van der Waals surface area contributed by atoms with Gasteiger partial charge in [-0.3, -0.25) is 9.59 Å². The van der Waals surface area contributed by atoms with Crippen molar-refractivity contribution in [2.75, 3.05) is 18.5 Å². The highest BCUT2D eigenvalue weighted by atomic mass is 35.5. The number of anilines is 1. The first kappa shape index (κ1) is 30.3. The van der Waals surface area contributed by atoms with Gasteiger partial charge in [0.05, 0.1) is 17.3 Å². The Labute approximate surface area is 247 Å². The highest BCUT2D eigenvalue weighted by molar-refractivity contribution is 6.38. The van der Waals surface area contributed by atoms with Crippen LogP contribution < -0.4 is 15.0 Å². The summed E-state index contributed by atoms with van der Waals surface area (Å²) in [4.78, 5) is 30.9. The molecular weight excluding hydrogens is 580 g/mol. The van der Waals surface area contributed by atoms with Crippen molar-refractivity contribution in [1.29, 1.82) is 0 Å². The van der Waals surface area contributed by atoms with Crippen LogP contribution in [-0.2, 0) is 16.2 Å². The van der Waals surface area contributed by atoms with Gasteiger partial charge in [-0.1, -0.05) is 65.1 Å². The number of nitrogens with one attached hydrogen (secondary N) is 1. The number of halogens is 4. The molecule has 0 spiro atoms.